The number of halogens is 4. The van der Waals surface area contributed by atoms with Gasteiger partial charge in [-0.15, -0.1) is 5.10 Å². The third kappa shape index (κ3) is 6.95. The first-order chi connectivity index (χ1) is 21.6. The maximum Gasteiger partial charge on any atom is 0.407 e. The highest BCUT2D eigenvalue weighted by Gasteiger charge is 2.45. The van der Waals surface area contributed by atoms with Gasteiger partial charge < -0.3 is 19.5 Å². The molecule has 6 rings (SSSR count). The molecular weight excluding hydrogens is 592 g/mol. The molecule has 4 aromatic rings. The number of methoxy groups -OCH3 is 1. The zero-order valence-electron chi connectivity index (χ0n) is 24.6. The van der Waals surface area contributed by atoms with E-state index in [1.54, 1.807) is 54.6 Å². The number of ether oxygens (including phenoxy) is 3. The van der Waals surface area contributed by atoms with E-state index in [1.807, 2.05) is 0 Å². The van der Waals surface area contributed by atoms with Gasteiger partial charge in [-0.25, -0.2) is 14.5 Å². The van der Waals surface area contributed by atoms with E-state index >= 15 is 4.39 Å². The van der Waals surface area contributed by atoms with E-state index in [0.717, 1.165) is 12.8 Å². The SMILES string of the molecule is COC(=O)NC1(COc2ccc(/C(=C(/CC(F)(F)F)c3ccccc3)c3ccc4c(c3)c(F)nn4C3CCCCO3)cn2)CC1. The Labute approximate surface area is 257 Å². The zero-order valence-corrected chi connectivity index (χ0v) is 24.6. The molecule has 1 atom stereocenters. The summed E-state index contributed by atoms with van der Waals surface area (Å²) in [5.74, 6) is -0.489. The second kappa shape index (κ2) is 12.5. The summed E-state index contributed by atoms with van der Waals surface area (Å²) in [6, 6.07) is 16.4. The number of hydrogen-bond donors (Lipinski definition) is 1. The quantitative estimate of drug-likeness (QED) is 0.154. The van der Waals surface area contributed by atoms with Crippen molar-refractivity contribution >= 4 is 28.1 Å². The van der Waals surface area contributed by atoms with Crippen LogP contribution in [0.2, 0.25) is 0 Å². The number of amides is 1. The number of rotatable bonds is 9. The summed E-state index contributed by atoms with van der Waals surface area (Å²) in [7, 11) is 1.28. The summed E-state index contributed by atoms with van der Waals surface area (Å²) < 4.78 is 75.5. The lowest BCUT2D eigenvalue weighted by Crippen LogP contribution is -2.41. The van der Waals surface area contributed by atoms with Crippen molar-refractivity contribution in [1.82, 2.24) is 20.1 Å². The van der Waals surface area contributed by atoms with Gasteiger partial charge in [-0.1, -0.05) is 36.4 Å². The van der Waals surface area contributed by atoms with Crippen LogP contribution in [0.15, 0.2) is 66.9 Å². The molecule has 236 valence electrons. The third-order valence-corrected chi connectivity index (χ3v) is 8.11. The fourth-order valence-electron chi connectivity index (χ4n) is 5.63. The number of nitrogens with zero attached hydrogens (tertiary/aromatic N) is 3. The maximum atomic E-state index is 15.3. The van der Waals surface area contributed by atoms with Crippen molar-refractivity contribution in [2.45, 2.75) is 56.5 Å². The summed E-state index contributed by atoms with van der Waals surface area (Å²) >= 11 is 0. The monoisotopic (exact) mass is 624 g/mol. The predicted octanol–water partition coefficient (Wildman–Crippen LogP) is 7.45. The van der Waals surface area contributed by atoms with Gasteiger partial charge in [0.2, 0.25) is 11.8 Å². The second-order valence-corrected chi connectivity index (χ2v) is 11.4. The Bertz CT molecular complexity index is 1690. The van der Waals surface area contributed by atoms with Gasteiger partial charge in [-0.3, -0.25) is 0 Å². The van der Waals surface area contributed by atoms with E-state index in [4.69, 9.17) is 9.47 Å². The van der Waals surface area contributed by atoms with E-state index in [2.05, 4.69) is 20.1 Å². The Morgan fingerprint density at radius 2 is 1.84 bits per heavy atom. The Hall–Kier alpha value is -4.45. The van der Waals surface area contributed by atoms with Crippen LogP contribution < -0.4 is 10.1 Å². The molecule has 2 aliphatic rings. The van der Waals surface area contributed by atoms with Gasteiger partial charge in [0, 0.05) is 24.4 Å². The molecule has 2 aromatic carbocycles. The van der Waals surface area contributed by atoms with Crippen molar-refractivity contribution in [2.24, 2.45) is 0 Å². The number of carbonyl (C=O) groups is 1. The Balaban J connectivity index is 1.41. The number of alkyl carbamates (subject to hydrolysis) is 1. The van der Waals surface area contributed by atoms with E-state index in [-0.39, 0.29) is 29.0 Å². The van der Waals surface area contributed by atoms with Gasteiger partial charge >= 0.3 is 12.3 Å². The highest BCUT2D eigenvalue weighted by atomic mass is 19.4. The summed E-state index contributed by atoms with van der Waals surface area (Å²) in [4.78, 5) is 16.1. The van der Waals surface area contributed by atoms with Crippen molar-refractivity contribution in [3.8, 4) is 5.88 Å². The predicted molar refractivity (Wildman–Crippen MR) is 159 cm³/mol. The van der Waals surface area contributed by atoms with Gasteiger partial charge in [-0.2, -0.15) is 17.6 Å². The lowest BCUT2D eigenvalue weighted by atomic mass is 9.88. The minimum atomic E-state index is -4.53. The van der Waals surface area contributed by atoms with E-state index in [1.165, 1.54) is 24.1 Å². The van der Waals surface area contributed by atoms with Crippen LogP contribution in [0.4, 0.5) is 22.4 Å². The summed E-state index contributed by atoms with van der Waals surface area (Å²) in [6.45, 7) is 0.705. The molecule has 1 amide bonds. The number of alkyl halides is 3. The molecule has 2 fully saturated rings. The minimum Gasteiger partial charge on any atom is -0.475 e. The van der Waals surface area contributed by atoms with Crippen LogP contribution in [0.1, 0.15) is 61.4 Å². The molecule has 45 heavy (non-hydrogen) atoms. The van der Waals surface area contributed by atoms with Crippen LogP contribution in [0.5, 0.6) is 5.88 Å². The van der Waals surface area contributed by atoms with Gasteiger partial charge in [-0.05, 0) is 72.6 Å². The number of nitrogens with one attached hydrogen (secondary N) is 1. The normalized spacial score (nSPS) is 18.3. The van der Waals surface area contributed by atoms with Crippen molar-refractivity contribution in [2.75, 3.05) is 20.3 Å². The van der Waals surface area contributed by atoms with Crippen LogP contribution in [-0.2, 0) is 9.47 Å². The summed E-state index contributed by atoms with van der Waals surface area (Å²) in [6.07, 6.45) is -1.32. The number of pyridine rings is 1. The molecule has 1 saturated heterocycles. The first kappa shape index (κ1) is 30.6. The average Bonchev–Trinajstić information content (AvgIpc) is 3.74. The second-order valence-electron chi connectivity index (χ2n) is 11.4. The fourth-order valence-corrected chi connectivity index (χ4v) is 5.63. The van der Waals surface area contributed by atoms with Crippen LogP contribution >= 0.6 is 0 Å². The molecule has 12 heteroatoms. The van der Waals surface area contributed by atoms with Gasteiger partial charge in [0.05, 0.1) is 30.0 Å². The molecule has 1 unspecified atom stereocenters. The van der Waals surface area contributed by atoms with Crippen molar-refractivity contribution < 1.29 is 36.6 Å². The number of benzene rings is 2. The third-order valence-electron chi connectivity index (χ3n) is 8.11. The molecule has 0 radical (unpaired) electrons. The molecule has 1 aliphatic carbocycles. The Kier molecular flexibility index (Phi) is 8.50. The lowest BCUT2D eigenvalue weighted by Gasteiger charge is -2.23. The van der Waals surface area contributed by atoms with Gasteiger partial charge in [0.15, 0.2) is 6.23 Å². The standard InChI is InChI=1S/C33H32F4N4O4/c1-43-31(42)39-32(14-15-32)20-45-27-13-11-23(19-38-27)29(25(18-33(35,36)37)21-7-3-2-4-8-21)22-10-12-26-24(17-22)30(34)40-41(26)28-9-5-6-16-44-28/h2-4,7-8,10-13,17,19,28H,5-6,9,14-16,18,20H2,1H3,(H,39,42)/b29-25-. The largest absolute Gasteiger partial charge is 0.475 e. The smallest absolute Gasteiger partial charge is 0.407 e. The van der Waals surface area contributed by atoms with E-state index in [9.17, 15) is 18.0 Å². The molecular formula is C33H32F4N4O4. The zero-order chi connectivity index (χ0) is 31.6. The number of allylic oxidation sites excluding steroid dienone is 1. The molecule has 3 heterocycles. The number of carbonyl (C=O) groups excluding carboxylic acids is 1. The lowest BCUT2D eigenvalue weighted by molar-refractivity contribution is -0.122. The summed E-state index contributed by atoms with van der Waals surface area (Å²) in [5, 5.41) is 7.04. The molecule has 0 spiro atoms. The summed E-state index contributed by atoms with van der Waals surface area (Å²) in [5.41, 5.74) is 1.37. The molecule has 8 nitrogen and oxygen atoms in total. The van der Waals surface area contributed by atoms with Crippen molar-refractivity contribution in [1.29, 1.82) is 0 Å². The van der Waals surface area contributed by atoms with E-state index < -0.39 is 36.4 Å². The van der Waals surface area contributed by atoms with Crippen LogP contribution in [0.3, 0.4) is 0 Å². The van der Waals surface area contributed by atoms with E-state index in [0.29, 0.717) is 48.1 Å². The maximum absolute atomic E-state index is 15.3. The number of fused-ring (bicyclic) bond motifs is 1. The Morgan fingerprint density at radius 1 is 1.07 bits per heavy atom. The van der Waals surface area contributed by atoms with Crippen molar-refractivity contribution in [3.63, 3.8) is 0 Å². The van der Waals surface area contributed by atoms with Gasteiger partial charge in [0.1, 0.15) is 6.61 Å². The first-order valence-electron chi connectivity index (χ1n) is 14.8. The van der Waals surface area contributed by atoms with Crippen LogP contribution in [0.25, 0.3) is 22.0 Å². The molecule has 1 saturated carbocycles. The number of hydrogen-bond acceptors (Lipinski definition) is 6. The number of aromatic nitrogens is 3. The highest BCUT2D eigenvalue weighted by Crippen LogP contribution is 2.41. The molecule has 2 aromatic heterocycles. The molecule has 1 N–H and O–H groups in total. The molecule has 0 bridgehead atoms. The van der Waals surface area contributed by atoms with Crippen molar-refractivity contribution in [3.05, 3.63) is 89.5 Å². The highest BCUT2D eigenvalue weighted by molar-refractivity contribution is 6.00. The first-order valence-corrected chi connectivity index (χ1v) is 14.8. The van der Waals surface area contributed by atoms with Gasteiger partial charge in [0.25, 0.3) is 0 Å². The fraction of sp³-hybridized carbons (Fsp3) is 0.364. The minimum absolute atomic E-state index is 0.0144. The average molecular weight is 625 g/mol. The van der Waals surface area contributed by atoms with Crippen LogP contribution in [0, 0.1) is 5.95 Å². The topological polar surface area (TPSA) is 87.5 Å². The Morgan fingerprint density at radius 3 is 2.49 bits per heavy atom. The molecule has 1 aliphatic heterocycles. The van der Waals surface area contributed by atoms with Crippen LogP contribution in [-0.4, -0.2) is 52.9 Å².